The van der Waals surface area contributed by atoms with Gasteiger partial charge in [0.1, 0.15) is 0 Å². The summed E-state index contributed by atoms with van der Waals surface area (Å²) in [7, 11) is 0. The molecule has 6 aromatic rings. The van der Waals surface area contributed by atoms with E-state index in [-0.39, 0.29) is 17.3 Å². The van der Waals surface area contributed by atoms with Crippen LogP contribution < -0.4 is 0 Å². The molecule has 0 spiro atoms. The number of hydrogen-bond acceptors (Lipinski definition) is 0. The van der Waals surface area contributed by atoms with Gasteiger partial charge in [-0.25, -0.2) is 0 Å². The first-order chi connectivity index (χ1) is 20.8. The number of rotatable bonds is 5. The first-order valence-electron chi connectivity index (χ1n) is 14.9. The van der Waals surface area contributed by atoms with Crippen LogP contribution >= 0.6 is 0 Å². The Kier molecular flexibility index (Phi) is 5.83. The molecule has 0 saturated heterocycles. The number of fused-ring (bicyclic) bond motifs is 4. The Morgan fingerprint density at radius 1 is 0.429 bits per heavy atom. The fraction of sp³-hybridized carbons (Fsp3) is 0.0952. The van der Waals surface area contributed by atoms with Crippen molar-refractivity contribution in [2.75, 3.05) is 0 Å². The Balaban J connectivity index is 1.46. The molecule has 8 rings (SSSR count). The number of benzene rings is 6. The van der Waals surface area contributed by atoms with Gasteiger partial charge in [-0.3, -0.25) is 0 Å². The highest BCUT2D eigenvalue weighted by Gasteiger charge is 2.54. The maximum absolute atomic E-state index is 2.44. The van der Waals surface area contributed by atoms with Crippen molar-refractivity contribution in [3.05, 3.63) is 197 Å². The molecule has 0 bridgehead atoms. The number of hydrogen-bond donors (Lipinski definition) is 0. The predicted octanol–water partition coefficient (Wildman–Crippen LogP) is 10.7. The van der Waals surface area contributed by atoms with Crippen molar-refractivity contribution >= 4 is 6.08 Å². The van der Waals surface area contributed by atoms with Crippen LogP contribution in [-0.4, -0.2) is 0 Å². The highest BCUT2D eigenvalue weighted by Crippen LogP contribution is 2.64. The Morgan fingerprint density at radius 3 is 1.50 bits per heavy atom. The second-order valence-electron chi connectivity index (χ2n) is 11.7. The lowest BCUT2D eigenvalue weighted by Crippen LogP contribution is -2.41. The van der Waals surface area contributed by atoms with Gasteiger partial charge in [0.2, 0.25) is 0 Å². The van der Waals surface area contributed by atoms with Crippen LogP contribution in [0.15, 0.2) is 163 Å². The second kappa shape index (κ2) is 9.86. The standard InChI is InChI=1S/C42H32/c1-29-27-32-28-31(30-15-5-2-6-16-30)25-26-35(32)40(29)42(33-17-7-3-8-18-33,34-19-9-4-10-20-34)41-38-23-13-11-21-36(38)37-22-12-14-24-39(37)41/h2-28,40-41H,1H3. The van der Waals surface area contributed by atoms with Crippen LogP contribution in [0.4, 0.5) is 0 Å². The van der Waals surface area contributed by atoms with Crippen LogP contribution in [0.5, 0.6) is 0 Å². The van der Waals surface area contributed by atoms with Gasteiger partial charge in [-0.1, -0.05) is 163 Å². The predicted molar refractivity (Wildman–Crippen MR) is 176 cm³/mol. The molecule has 0 heteroatoms. The van der Waals surface area contributed by atoms with E-state index in [9.17, 15) is 0 Å². The molecule has 0 aliphatic heterocycles. The minimum absolute atomic E-state index is 0.141. The molecular formula is C42H32. The smallest absolute Gasteiger partial charge is 0.0418 e. The average Bonchev–Trinajstić information content (AvgIpc) is 3.58. The molecule has 0 N–H and O–H groups in total. The topological polar surface area (TPSA) is 0 Å². The Labute approximate surface area is 248 Å². The maximum Gasteiger partial charge on any atom is 0.0418 e. The average molecular weight is 537 g/mol. The van der Waals surface area contributed by atoms with Gasteiger partial charge in [0, 0.05) is 17.3 Å². The number of allylic oxidation sites excluding steroid dienone is 1. The van der Waals surface area contributed by atoms with Gasteiger partial charge in [0.15, 0.2) is 0 Å². The maximum atomic E-state index is 2.44. The van der Waals surface area contributed by atoms with Gasteiger partial charge < -0.3 is 0 Å². The van der Waals surface area contributed by atoms with E-state index in [1.54, 1.807) is 0 Å². The van der Waals surface area contributed by atoms with Gasteiger partial charge in [0.25, 0.3) is 0 Å². The molecule has 0 nitrogen and oxygen atoms in total. The molecule has 2 aliphatic rings. The fourth-order valence-electron chi connectivity index (χ4n) is 8.03. The van der Waals surface area contributed by atoms with Gasteiger partial charge in [-0.15, -0.1) is 0 Å². The quantitative estimate of drug-likeness (QED) is 0.206. The van der Waals surface area contributed by atoms with Gasteiger partial charge >= 0.3 is 0 Å². The van der Waals surface area contributed by atoms with Gasteiger partial charge in [0.05, 0.1) is 0 Å². The van der Waals surface area contributed by atoms with Crippen LogP contribution in [0.1, 0.15) is 52.1 Å². The summed E-state index contributed by atoms with van der Waals surface area (Å²) < 4.78 is 0. The SMILES string of the molecule is CC1=Cc2cc(-c3ccccc3)ccc2C1C(c1ccccc1)(c1ccccc1)C1c2ccccc2-c2ccccc21. The van der Waals surface area contributed by atoms with Gasteiger partial charge in [-0.05, 0) is 68.6 Å². The largest absolute Gasteiger partial charge is 0.0639 e. The van der Waals surface area contributed by atoms with Crippen LogP contribution in [0, 0.1) is 0 Å². The molecule has 200 valence electrons. The van der Waals surface area contributed by atoms with Crippen LogP contribution in [-0.2, 0) is 5.41 Å². The van der Waals surface area contributed by atoms with Crippen molar-refractivity contribution in [1.29, 1.82) is 0 Å². The molecule has 2 aliphatic carbocycles. The molecule has 0 radical (unpaired) electrons. The van der Waals surface area contributed by atoms with Crippen molar-refractivity contribution in [2.45, 2.75) is 24.2 Å². The Morgan fingerprint density at radius 2 is 0.929 bits per heavy atom. The van der Waals surface area contributed by atoms with E-state index < -0.39 is 0 Å². The van der Waals surface area contributed by atoms with Crippen molar-refractivity contribution in [2.24, 2.45) is 0 Å². The molecule has 6 aromatic carbocycles. The molecule has 1 atom stereocenters. The molecule has 0 amide bonds. The van der Waals surface area contributed by atoms with Crippen LogP contribution in [0.2, 0.25) is 0 Å². The highest BCUT2D eigenvalue weighted by molar-refractivity contribution is 5.83. The van der Waals surface area contributed by atoms with Crippen molar-refractivity contribution in [3.63, 3.8) is 0 Å². The monoisotopic (exact) mass is 536 g/mol. The lowest BCUT2D eigenvalue weighted by Gasteiger charge is -2.47. The summed E-state index contributed by atoms with van der Waals surface area (Å²) in [5.41, 5.74) is 14.5. The third-order valence-electron chi connectivity index (χ3n) is 9.59. The Hall–Kier alpha value is -4.94. The van der Waals surface area contributed by atoms with Crippen LogP contribution in [0.25, 0.3) is 28.3 Å². The Bertz CT molecular complexity index is 1840. The molecule has 1 unspecified atom stereocenters. The minimum Gasteiger partial charge on any atom is -0.0639 e. The summed E-state index contributed by atoms with van der Waals surface area (Å²) in [5.74, 6) is 0.300. The summed E-state index contributed by atoms with van der Waals surface area (Å²) in [4.78, 5) is 0. The fourth-order valence-corrected chi connectivity index (χ4v) is 8.03. The molecule has 0 saturated carbocycles. The van der Waals surface area contributed by atoms with Crippen LogP contribution in [0.3, 0.4) is 0 Å². The summed E-state index contributed by atoms with van der Waals surface area (Å²) in [6.45, 7) is 2.35. The first kappa shape index (κ1) is 24.8. The zero-order valence-electron chi connectivity index (χ0n) is 23.7. The summed E-state index contributed by atoms with van der Waals surface area (Å²) in [5, 5.41) is 0. The van der Waals surface area contributed by atoms with E-state index in [1.165, 1.54) is 61.2 Å². The minimum atomic E-state index is -0.370. The molecule has 42 heavy (non-hydrogen) atoms. The molecule has 0 fully saturated rings. The highest BCUT2D eigenvalue weighted by atomic mass is 14.6. The molecular weight excluding hydrogens is 504 g/mol. The third kappa shape index (κ3) is 3.62. The van der Waals surface area contributed by atoms with E-state index in [2.05, 4.69) is 171 Å². The summed E-state index contributed by atoms with van der Waals surface area (Å²) in [6.07, 6.45) is 2.44. The van der Waals surface area contributed by atoms with E-state index in [4.69, 9.17) is 0 Å². The lowest BCUT2D eigenvalue weighted by molar-refractivity contribution is 0.405. The molecule has 0 aromatic heterocycles. The summed E-state index contributed by atoms with van der Waals surface area (Å²) in [6, 6.07) is 58.6. The first-order valence-corrected chi connectivity index (χ1v) is 14.9. The van der Waals surface area contributed by atoms with Crippen molar-refractivity contribution in [1.82, 2.24) is 0 Å². The van der Waals surface area contributed by atoms with Crippen molar-refractivity contribution in [3.8, 4) is 22.3 Å². The third-order valence-corrected chi connectivity index (χ3v) is 9.59. The van der Waals surface area contributed by atoms with E-state index in [0.717, 1.165) is 0 Å². The normalized spacial score (nSPS) is 15.5. The second-order valence-corrected chi connectivity index (χ2v) is 11.7. The van der Waals surface area contributed by atoms with E-state index in [0.29, 0.717) is 0 Å². The molecule has 0 heterocycles. The van der Waals surface area contributed by atoms with Crippen molar-refractivity contribution < 1.29 is 0 Å². The summed E-state index contributed by atoms with van der Waals surface area (Å²) >= 11 is 0. The lowest BCUT2D eigenvalue weighted by atomic mass is 9.54. The zero-order chi connectivity index (χ0) is 28.1. The zero-order valence-corrected chi connectivity index (χ0v) is 23.7. The van der Waals surface area contributed by atoms with E-state index >= 15 is 0 Å². The van der Waals surface area contributed by atoms with Gasteiger partial charge in [-0.2, -0.15) is 0 Å². The van der Waals surface area contributed by atoms with E-state index in [1.807, 2.05) is 0 Å².